The van der Waals surface area contributed by atoms with Crippen molar-refractivity contribution in [2.45, 2.75) is 26.3 Å². The second-order valence-corrected chi connectivity index (χ2v) is 4.55. The summed E-state index contributed by atoms with van der Waals surface area (Å²) in [5, 5.41) is 12.5. The third-order valence-corrected chi connectivity index (χ3v) is 2.77. The SMILES string of the molecule is CC[C@H](C)NC(=O)COC(=O)c1ccc(Cl)cc1O. The number of hydrogen-bond donors (Lipinski definition) is 2. The standard InChI is InChI=1S/C13H16ClNO4/c1-3-8(2)15-12(17)7-19-13(18)10-5-4-9(14)6-11(10)16/h4-6,8,16H,3,7H2,1-2H3,(H,15,17)/t8-/m0/s1. The number of benzene rings is 1. The predicted octanol–water partition coefficient (Wildman–Crippen LogP) is 2.12. The summed E-state index contributed by atoms with van der Waals surface area (Å²) in [4.78, 5) is 23.0. The van der Waals surface area contributed by atoms with Gasteiger partial charge in [0.2, 0.25) is 0 Å². The summed E-state index contributed by atoms with van der Waals surface area (Å²) >= 11 is 5.65. The van der Waals surface area contributed by atoms with Gasteiger partial charge < -0.3 is 15.2 Å². The number of rotatable bonds is 5. The van der Waals surface area contributed by atoms with E-state index in [0.717, 1.165) is 6.42 Å². The molecule has 1 amide bonds. The van der Waals surface area contributed by atoms with Crippen LogP contribution in [0.25, 0.3) is 0 Å². The van der Waals surface area contributed by atoms with Crippen LogP contribution in [0.3, 0.4) is 0 Å². The molecular formula is C13H16ClNO4. The van der Waals surface area contributed by atoms with Crippen LogP contribution in [0, 0.1) is 0 Å². The van der Waals surface area contributed by atoms with Gasteiger partial charge in [-0.3, -0.25) is 4.79 Å². The Balaban J connectivity index is 2.54. The van der Waals surface area contributed by atoms with Gasteiger partial charge in [-0.25, -0.2) is 4.79 Å². The van der Waals surface area contributed by atoms with Crippen molar-refractivity contribution in [1.29, 1.82) is 0 Å². The zero-order valence-electron chi connectivity index (χ0n) is 10.8. The van der Waals surface area contributed by atoms with Gasteiger partial charge in [0.05, 0.1) is 0 Å². The Morgan fingerprint density at radius 1 is 1.47 bits per heavy atom. The summed E-state index contributed by atoms with van der Waals surface area (Å²) in [6, 6.07) is 4.05. The molecule has 0 saturated heterocycles. The molecule has 0 fully saturated rings. The fourth-order valence-electron chi connectivity index (χ4n) is 1.30. The minimum Gasteiger partial charge on any atom is -0.507 e. The lowest BCUT2D eigenvalue weighted by Gasteiger charge is -2.11. The van der Waals surface area contributed by atoms with Crippen molar-refractivity contribution in [3.8, 4) is 5.75 Å². The summed E-state index contributed by atoms with van der Waals surface area (Å²) < 4.78 is 4.80. The maximum Gasteiger partial charge on any atom is 0.342 e. The molecule has 1 atom stereocenters. The molecule has 0 bridgehead atoms. The second-order valence-electron chi connectivity index (χ2n) is 4.11. The van der Waals surface area contributed by atoms with Crippen molar-refractivity contribution in [1.82, 2.24) is 5.32 Å². The lowest BCUT2D eigenvalue weighted by atomic mass is 10.2. The number of phenols is 1. The van der Waals surface area contributed by atoms with Crippen LogP contribution in [0.5, 0.6) is 5.75 Å². The maximum absolute atomic E-state index is 11.6. The van der Waals surface area contributed by atoms with E-state index < -0.39 is 5.97 Å². The van der Waals surface area contributed by atoms with Crippen LogP contribution in [0.2, 0.25) is 5.02 Å². The molecule has 0 radical (unpaired) electrons. The molecule has 1 rings (SSSR count). The Kier molecular flexibility index (Phi) is 5.63. The molecule has 5 nitrogen and oxygen atoms in total. The number of aromatic hydroxyl groups is 1. The fraction of sp³-hybridized carbons (Fsp3) is 0.385. The average Bonchev–Trinajstić information content (AvgIpc) is 2.35. The number of nitrogens with one attached hydrogen (secondary N) is 1. The minimum atomic E-state index is -0.770. The Bertz CT molecular complexity index is 476. The molecule has 2 N–H and O–H groups in total. The van der Waals surface area contributed by atoms with Gasteiger partial charge in [-0.15, -0.1) is 0 Å². The number of phenolic OH excluding ortho intramolecular Hbond substituents is 1. The van der Waals surface area contributed by atoms with E-state index in [1.165, 1.54) is 18.2 Å². The van der Waals surface area contributed by atoms with Gasteiger partial charge in [-0.2, -0.15) is 0 Å². The van der Waals surface area contributed by atoms with Crippen molar-refractivity contribution >= 4 is 23.5 Å². The van der Waals surface area contributed by atoms with Gasteiger partial charge in [0.25, 0.3) is 5.91 Å². The fourth-order valence-corrected chi connectivity index (χ4v) is 1.47. The molecule has 0 unspecified atom stereocenters. The first-order chi connectivity index (χ1) is 8.93. The van der Waals surface area contributed by atoms with Crippen molar-refractivity contribution in [2.24, 2.45) is 0 Å². The van der Waals surface area contributed by atoms with Gasteiger partial charge in [0.15, 0.2) is 6.61 Å². The summed E-state index contributed by atoms with van der Waals surface area (Å²) in [6.45, 7) is 3.40. The van der Waals surface area contributed by atoms with Crippen molar-refractivity contribution in [3.05, 3.63) is 28.8 Å². The summed E-state index contributed by atoms with van der Waals surface area (Å²) in [6.07, 6.45) is 0.789. The number of halogens is 1. The van der Waals surface area contributed by atoms with E-state index in [-0.39, 0.29) is 29.9 Å². The monoisotopic (exact) mass is 285 g/mol. The number of ether oxygens (including phenoxy) is 1. The first-order valence-corrected chi connectivity index (χ1v) is 6.26. The highest BCUT2D eigenvalue weighted by atomic mass is 35.5. The van der Waals surface area contributed by atoms with Gasteiger partial charge in [-0.05, 0) is 31.5 Å². The van der Waals surface area contributed by atoms with Crippen LogP contribution in [0.4, 0.5) is 0 Å². The number of carbonyl (C=O) groups is 2. The van der Waals surface area contributed by atoms with Crippen LogP contribution in [-0.2, 0) is 9.53 Å². The number of amides is 1. The molecule has 0 saturated carbocycles. The topological polar surface area (TPSA) is 75.6 Å². The smallest absolute Gasteiger partial charge is 0.342 e. The third kappa shape index (κ3) is 4.79. The van der Waals surface area contributed by atoms with Crippen molar-refractivity contribution < 1.29 is 19.4 Å². The van der Waals surface area contributed by atoms with Gasteiger partial charge >= 0.3 is 5.97 Å². The van der Waals surface area contributed by atoms with Gasteiger partial charge in [0.1, 0.15) is 11.3 Å². The number of hydrogen-bond acceptors (Lipinski definition) is 4. The maximum atomic E-state index is 11.6. The lowest BCUT2D eigenvalue weighted by Crippen LogP contribution is -2.35. The first-order valence-electron chi connectivity index (χ1n) is 5.89. The molecular weight excluding hydrogens is 270 g/mol. The molecule has 6 heteroatoms. The average molecular weight is 286 g/mol. The first kappa shape index (κ1) is 15.3. The zero-order valence-corrected chi connectivity index (χ0v) is 11.5. The van der Waals surface area contributed by atoms with Gasteiger partial charge in [-0.1, -0.05) is 18.5 Å². The highest BCUT2D eigenvalue weighted by Gasteiger charge is 2.15. The van der Waals surface area contributed by atoms with E-state index in [0.29, 0.717) is 5.02 Å². The van der Waals surface area contributed by atoms with Crippen molar-refractivity contribution in [2.75, 3.05) is 6.61 Å². The zero-order chi connectivity index (χ0) is 14.4. The predicted molar refractivity (Wildman–Crippen MR) is 71.3 cm³/mol. The molecule has 0 spiro atoms. The Morgan fingerprint density at radius 2 is 2.16 bits per heavy atom. The highest BCUT2D eigenvalue weighted by molar-refractivity contribution is 6.30. The largest absolute Gasteiger partial charge is 0.507 e. The van der Waals surface area contributed by atoms with Crippen LogP contribution in [0.1, 0.15) is 30.6 Å². The lowest BCUT2D eigenvalue weighted by molar-refractivity contribution is -0.124. The Hall–Kier alpha value is -1.75. The molecule has 1 aromatic rings. The third-order valence-electron chi connectivity index (χ3n) is 2.53. The van der Waals surface area contributed by atoms with Crippen LogP contribution in [0.15, 0.2) is 18.2 Å². The van der Waals surface area contributed by atoms with E-state index in [1.54, 1.807) is 0 Å². The molecule has 0 aliphatic rings. The quantitative estimate of drug-likeness (QED) is 0.813. The minimum absolute atomic E-state index is 0.0233. The van der Waals surface area contributed by atoms with E-state index in [2.05, 4.69) is 5.32 Å². The summed E-state index contributed by atoms with van der Waals surface area (Å²) in [5.41, 5.74) is -0.0271. The molecule has 1 aromatic carbocycles. The number of esters is 1. The summed E-state index contributed by atoms with van der Waals surface area (Å²) in [7, 11) is 0. The molecule has 0 aliphatic carbocycles. The van der Waals surface area contributed by atoms with Crippen LogP contribution >= 0.6 is 11.6 Å². The second kappa shape index (κ2) is 6.99. The van der Waals surface area contributed by atoms with E-state index in [9.17, 15) is 14.7 Å². The Labute approximate surface area is 116 Å². The molecule has 0 heterocycles. The van der Waals surface area contributed by atoms with Crippen LogP contribution < -0.4 is 5.32 Å². The van der Waals surface area contributed by atoms with E-state index in [4.69, 9.17) is 16.3 Å². The highest BCUT2D eigenvalue weighted by Crippen LogP contribution is 2.22. The van der Waals surface area contributed by atoms with E-state index in [1.807, 2.05) is 13.8 Å². The summed E-state index contributed by atoms with van der Waals surface area (Å²) in [5.74, 6) is -1.43. The van der Waals surface area contributed by atoms with Gasteiger partial charge in [0, 0.05) is 11.1 Å². The normalized spacial score (nSPS) is 11.7. The van der Waals surface area contributed by atoms with E-state index >= 15 is 0 Å². The van der Waals surface area contributed by atoms with Crippen LogP contribution in [-0.4, -0.2) is 29.6 Å². The molecule has 104 valence electrons. The molecule has 19 heavy (non-hydrogen) atoms. The number of carbonyl (C=O) groups excluding carboxylic acids is 2. The molecule has 0 aliphatic heterocycles. The molecule has 0 aromatic heterocycles. The Morgan fingerprint density at radius 3 is 2.74 bits per heavy atom. The van der Waals surface area contributed by atoms with Crippen molar-refractivity contribution in [3.63, 3.8) is 0 Å².